The number of nitrogen functional groups attached to an aromatic ring is 1. The van der Waals surface area contributed by atoms with E-state index in [0.29, 0.717) is 11.3 Å². The van der Waals surface area contributed by atoms with E-state index >= 15 is 0 Å². The number of hydrogen-bond donors (Lipinski definition) is 3. The zero-order valence-corrected chi connectivity index (χ0v) is 9.70. The number of halogens is 3. The van der Waals surface area contributed by atoms with Crippen LogP contribution < -0.4 is 17.0 Å². The predicted molar refractivity (Wildman–Crippen MR) is 64.1 cm³/mol. The lowest BCUT2D eigenvalue weighted by Crippen LogP contribution is -2.29. The van der Waals surface area contributed by atoms with Gasteiger partial charge in [-0.1, -0.05) is 0 Å². The maximum absolute atomic E-state index is 13.2. The first-order valence-corrected chi connectivity index (χ1v) is 5.34. The summed E-state index contributed by atoms with van der Waals surface area (Å²) in [5, 5.41) is 0. The highest BCUT2D eigenvalue weighted by Gasteiger charge is 2.19. The molecule has 1 heterocycles. The van der Waals surface area contributed by atoms with E-state index in [9.17, 15) is 13.2 Å². The number of rotatable bonds is 3. The molecule has 1 aromatic carbocycles. The molecule has 4 nitrogen and oxygen atoms in total. The molecule has 0 amide bonds. The van der Waals surface area contributed by atoms with E-state index in [0.717, 1.165) is 12.1 Å². The van der Waals surface area contributed by atoms with E-state index in [1.54, 1.807) is 0 Å². The van der Waals surface area contributed by atoms with Crippen molar-refractivity contribution in [3.05, 3.63) is 59.2 Å². The van der Waals surface area contributed by atoms with E-state index in [4.69, 9.17) is 11.6 Å². The van der Waals surface area contributed by atoms with Crippen LogP contribution in [0.2, 0.25) is 0 Å². The Kier molecular flexibility index (Phi) is 3.68. The Bertz CT molecular complexity index is 580. The molecule has 0 radical (unpaired) electrons. The number of nitrogens with one attached hydrogen (secondary N) is 1. The van der Waals surface area contributed by atoms with Gasteiger partial charge >= 0.3 is 0 Å². The van der Waals surface area contributed by atoms with E-state index < -0.39 is 23.5 Å². The number of nitrogens with zero attached hydrogens (tertiary/aromatic N) is 1. The highest BCUT2D eigenvalue weighted by molar-refractivity contribution is 5.49. The maximum atomic E-state index is 13.2. The van der Waals surface area contributed by atoms with Gasteiger partial charge in [-0.25, -0.2) is 18.6 Å². The van der Waals surface area contributed by atoms with Gasteiger partial charge in [-0.2, -0.15) is 0 Å². The Hall–Kier alpha value is -2.12. The van der Waals surface area contributed by atoms with Gasteiger partial charge in [0.05, 0.1) is 6.04 Å². The second-order valence-corrected chi connectivity index (χ2v) is 3.90. The molecule has 0 bridgehead atoms. The summed E-state index contributed by atoms with van der Waals surface area (Å²) >= 11 is 0. The van der Waals surface area contributed by atoms with Gasteiger partial charge in [0, 0.05) is 23.6 Å². The lowest BCUT2D eigenvalue weighted by Gasteiger charge is -2.18. The summed E-state index contributed by atoms with van der Waals surface area (Å²) in [6.07, 6.45) is 2.89. The topological polar surface area (TPSA) is 77.0 Å². The van der Waals surface area contributed by atoms with Crippen molar-refractivity contribution >= 4 is 5.69 Å². The second kappa shape index (κ2) is 5.25. The van der Waals surface area contributed by atoms with Crippen LogP contribution in [0.3, 0.4) is 0 Å². The Morgan fingerprint density at radius 1 is 1.16 bits per heavy atom. The van der Waals surface area contributed by atoms with Crippen LogP contribution in [0.1, 0.15) is 17.2 Å². The molecular weight excluding hydrogens is 257 g/mol. The summed E-state index contributed by atoms with van der Waals surface area (Å²) in [5.74, 6) is 1.26. The van der Waals surface area contributed by atoms with Crippen molar-refractivity contribution < 1.29 is 13.2 Å². The molecule has 0 saturated carbocycles. The molecule has 0 aliphatic heterocycles. The molecule has 19 heavy (non-hydrogen) atoms. The molecule has 1 unspecified atom stereocenters. The number of hydrogen-bond acceptors (Lipinski definition) is 4. The van der Waals surface area contributed by atoms with Crippen molar-refractivity contribution in [2.75, 3.05) is 5.73 Å². The minimum atomic E-state index is -1.53. The van der Waals surface area contributed by atoms with Crippen LogP contribution >= 0.6 is 0 Å². The minimum Gasteiger partial charge on any atom is -0.398 e. The van der Waals surface area contributed by atoms with Crippen LogP contribution in [0.4, 0.5) is 18.9 Å². The molecule has 0 fully saturated rings. The lowest BCUT2D eigenvalue weighted by molar-refractivity contribution is 0.442. The van der Waals surface area contributed by atoms with E-state index in [1.165, 1.54) is 18.5 Å². The molecular formula is C12H11F3N4. The number of pyridine rings is 1. The van der Waals surface area contributed by atoms with Gasteiger partial charge < -0.3 is 5.73 Å². The van der Waals surface area contributed by atoms with Crippen LogP contribution in [0, 0.1) is 17.5 Å². The van der Waals surface area contributed by atoms with Crippen LogP contribution in [0.25, 0.3) is 0 Å². The van der Waals surface area contributed by atoms with Crippen molar-refractivity contribution in [3.63, 3.8) is 0 Å². The molecule has 2 aromatic rings. The van der Waals surface area contributed by atoms with Crippen molar-refractivity contribution in [1.29, 1.82) is 0 Å². The molecule has 0 aliphatic rings. The molecule has 0 aliphatic carbocycles. The summed E-state index contributed by atoms with van der Waals surface area (Å²) in [6.45, 7) is 0. The zero-order valence-electron chi connectivity index (χ0n) is 9.70. The number of benzene rings is 1. The zero-order chi connectivity index (χ0) is 14.0. The van der Waals surface area contributed by atoms with Crippen molar-refractivity contribution in [1.82, 2.24) is 10.4 Å². The summed E-state index contributed by atoms with van der Waals surface area (Å²) in [5.41, 5.74) is 9.02. The minimum absolute atomic E-state index is 0.110. The lowest BCUT2D eigenvalue weighted by atomic mass is 9.99. The molecule has 2 rings (SSSR count). The van der Waals surface area contributed by atoms with E-state index in [-0.39, 0.29) is 5.56 Å². The Labute approximate surface area is 107 Å². The number of nitrogens with two attached hydrogens (primary N) is 2. The maximum Gasteiger partial charge on any atom is 0.194 e. The third-order valence-electron chi connectivity index (χ3n) is 2.70. The molecule has 100 valence electrons. The summed E-state index contributed by atoms with van der Waals surface area (Å²) < 4.78 is 39.4. The molecule has 5 N–H and O–H groups in total. The smallest absolute Gasteiger partial charge is 0.194 e. The van der Waals surface area contributed by atoms with Gasteiger partial charge in [0.1, 0.15) is 0 Å². The first-order chi connectivity index (χ1) is 9.04. The van der Waals surface area contributed by atoms with Crippen molar-refractivity contribution in [3.8, 4) is 0 Å². The summed E-state index contributed by atoms with van der Waals surface area (Å²) in [6, 6.07) is 2.44. The summed E-state index contributed by atoms with van der Waals surface area (Å²) in [4.78, 5) is 3.87. The fourth-order valence-corrected chi connectivity index (χ4v) is 1.77. The van der Waals surface area contributed by atoms with Gasteiger partial charge in [-0.3, -0.25) is 10.8 Å². The fourth-order valence-electron chi connectivity index (χ4n) is 1.77. The molecule has 0 saturated heterocycles. The molecule has 1 aromatic heterocycles. The third kappa shape index (κ3) is 2.51. The average molecular weight is 268 g/mol. The Morgan fingerprint density at radius 3 is 2.32 bits per heavy atom. The van der Waals surface area contributed by atoms with Crippen LogP contribution in [-0.4, -0.2) is 4.98 Å². The van der Waals surface area contributed by atoms with Crippen molar-refractivity contribution in [2.45, 2.75) is 6.04 Å². The summed E-state index contributed by atoms with van der Waals surface area (Å²) in [7, 11) is 0. The van der Waals surface area contributed by atoms with Gasteiger partial charge in [-0.05, 0) is 23.8 Å². The molecule has 1 atom stereocenters. The molecule has 0 spiro atoms. The Morgan fingerprint density at radius 2 is 1.79 bits per heavy atom. The van der Waals surface area contributed by atoms with E-state index in [2.05, 4.69) is 10.4 Å². The van der Waals surface area contributed by atoms with Crippen LogP contribution in [0.15, 0.2) is 30.6 Å². The first-order valence-electron chi connectivity index (χ1n) is 5.34. The largest absolute Gasteiger partial charge is 0.398 e. The normalized spacial score (nSPS) is 12.4. The standard InChI is InChI=1S/C12H11F3N4/c13-8-3-6(4-9(14)11(8)15)12(19-17)7-5-18-2-1-10(7)16/h1-5,12,19H,17H2,(H2,16,18). The van der Waals surface area contributed by atoms with Crippen LogP contribution in [0.5, 0.6) is 0 Å². The highest BCUT2D eigenvalue weighted by Crippen LogP contribution is 2.27. The van der Waals surface area contributed by atoms with E-state index in [1.807, 2.05) is 0 Å². The number of aromatic nitrogens is 1. The number of anilines is 1. The quantitative estimate of drug-likeness (QED) is 0.449. The highest BCUT2D eigenvalue weighted by atomic mass is 19.2. The SMILES string of the molecule is NNC(c1cc(F)c(F)c(F)c1)c1cnccc1N. The Balaban J connectivity index is 2.52. The van der Waals surface area contributed by atoms with Crippen molar-refractivity contribution in [2.24, 2.45) is 5.84 Å². The first kappa shape index (κ1) is 13.3. The van der Waals surface area contributed by atoms with Gasteiger partial charge in [0.15, 0.2) is 17.5 Å². The van der Waals surface area contributed by atoms with Crippen LogP contribution in [-0.2, 0) is 0 Å². The van der Waals surface area contributed by atoms with Gasteiger partial charge in [-0.15, -0.1) is 0 Å². The monoisotopic (exact) mass is 268 g/mol. The average Bonchev–Trinajstić information content (AvgIpc) is 2.39. The van der Waals surface area contributed by atoms with Gasteiger partial charge in [0.25, 0.3) is 0 Å². The van der Waals surface area contributed by atoms with Gasteiger partial charge in [0.2, 0.25) is 0 Å². The predicted octanol–water partition coefficient (Wildman–Crippen LogP) is 1.63. The third-order valence-corrected chi connectivity index (χ3v) is 2.70. The second-order valence-electron chi connectivity index (χ2n) is 3.90. The number of hydrazine groups is 1. The molecule has 7 heteroatoms. The fraction of sp³-hybridized carbons (Fsp3) is 0.0833.